The molecule has 378 valence electrons. The van der Waals surface area contributed by atoms with Crippen molar-refractivity contribution in [3.05, 3.63) is 71.5 Å². The summed E-state index contributed by atoms with van der Waals surface area (Å²) < 4.78 is 14.0. The number of carbonyl (C=O) groups is 5. The van der Waals surface area contributed by atoms with Crippen LogP contribution in [0.1, 0.15) is 84.4 Å². The zero-order valence-electron chi connectivity index (χ0n) is 42.7. The number of ether oxygens (including phenoxy) is 2. The lowest BCUT2D eigenvalue weighted by molar-refractivity contribution is -0.157. The van der Waals surface area contributed by atoms with Gasteiger partial charge >= 0.3 is 5.97 Å². The van der Waals surface area contributed by atoms with Gasteiger partial charge in [-0.3, -0.25) is 38.9 Å². The number of nitrogens with zero attached hydrogens (tertiary/aromatic N) is 6. The number of phenols is 1. The number of fused-ring (bicyclic) bond motifs is 6. The average molecular weight is 965 g/mol. The average Bonchev–Trinajstić information content (AvgIpc) is 3.86. The molecule has 5 heterocycles. The van der Waals surface area contributed by atoms with Crippen LogP contribution in [0.3, 0.4) is 0 Å². The number of benzene rings is 2. The van der Waals surface area contributed by atoms with Crippen LogP contribution >= 0.6 is 0 Å². The minimum atomic E-state index is -1.94. The summed E-state index contributed by atoms with van der Waals surface area (Å²) in [6, 6.07) is 10.1. The molecule has 2 aromatic heterocycles. The van der Waals surface area contributed by atoms with Gasteiger partial charge in [-0.15, -0.1) is 0 Å². The molecule has 70 heavy (non-hydrogen) atoms. The highest BCUT2D eigenvalue weighted by Crippen LogP contribution is 2.41. The molecule has 0 radical (unpaired) electrons. The van der Waals surface area contributed by atoms with Crippen molar-refractivity contribution < 1.29 is 43.7 Å². The summed E-state index contributed by atoms with van der Waals surface area (Å²) in [6.07, 6.45) is 4.97. The number of nitrogens with one attached hydrogen (secondary N) is 2. The third-order valence-corrected chi connectivity index (χ3v) is 14.5. The summed E-state index contributed by atoms with van der Waals surface area (Å²) in [5, 5.41) is 28.5. The van der Waals surface area contributed by atoms with Crippen molar-refractivity contribution >= 4 is 40.5 Å². The molecule has 7 rings (SSSR count). The molecule has 4 atom stereocenters. The van der Waals surface area contributed by atoms with E-state index in [2.05, 4.69) is 53.2 Å². The Balaban J connectivity index is 1.28. The normalized spacial score (nSPS) is 21.5. The van der Waals surface area contributed by atoms with E-state index in [1.165, 1.54) is 21.9 Å². The van der Waals surface area contributed by atoms with Crippen LogP contribution in [-0.4, -0.2) is 153 Å². The van der Waals surface area contributed by atoms with Gasteiger partial charge in [0, 0.05) is 80.9 Å². The first-order chi connectivity index (χ1) is 33.0. The number of aryl methyl sites for hydroxylation is 1. The van der Waals surface area contributed by atoms with Gasteiger partial charge in [0.05, 0.1) is 31.0 Å². The number of aromatic hydroxyl groups is 1. The van der Waals surface area contributed by atoms with Gasteiger partial charge < -0.3 is 39.4 Å². The number of aromatic nitrogens is 2. The minimum Gasteiger partial charge on any atom is -0.508 e. The van der Waals surface area contributed by atoms with Crippen LogP contribution in [-0.2, 0) is 59.4 Å². The Hall–Kier alpha value is -5.88. The zero-order valence-corrected chi connectivity index (χ0v) is 42.7. The van der Waals surface area contributed by atoms with Crippen LogP contribution in [0, 0.1) is 11.3 Å². The molecule has 4 N–H and O–H groups in total. The number of esters is 1. The topological polar surface area (TPSA) is 199 Å². The highest BCUT2D eigenvalue weighted by Gasteiger charge is 2.50. The molecule has 2 fully saturated rings. The van der Waals surface area contributed by atoms with Gasteiger partial charge in [-0.25, -0.2) is 5.43 Å². The Bertz CT molecular complexity index is 2640. The second-order valence-electron chi connectivity index (χ2n) is 21.3. The number of likely N-dealkylation sites (N-methyl/N-ethyl adjacent to an activating group) is 2. The standard InChI is InChI=1S/C53H72N8O9/c1-12-60-43-16-15-34-26-38(43)39(45(60)40-28-54-19-17-35(40)29-69-11)27-51(4,5)31-70-48(65)41-14-13-20-61(56-41)47(64)42(24-33-22-36(34)25-37(62)23-33)55-46(63)44(32(2)3)58(10)50(67)53(68)18-21-59(30-53)49(66)52(6,7)57(8)9/h15-17,19,22-23,25-26,28,32,41-42,44,56,62,68H,12-14,18,20-21,24,27,29-31H2,1-11H3,(H,55,63)/t41-,42-,44-,53+/m0/s1. The lowest BCUT2D eigenvalue weighted by Gasteiger charge is -2.38. The van der Waals surface area contributed by atoms with Crippen molar-refractivity contribution in [1.29, 1.82) is 0 Å². The minimum absolute atomic E-state index is 0.0137. The van der Waals surface area contributed by atoms with E-state index >= 15 is 0 Å². The third-order valence-electron chi connectivity index (χ3n) is 14.5. The van der Waals surface area contributed by atoms with Crippen molar-refractivity contribution in [2.75, 3.05) is 54.5 Å². The number of hydrogen-bond donors (Lipinski definition) is 4. The molecule has 0 aliphatic carbocycles. The molecule has 0 spiro atoms. The van der Waals surface area contributed by atoms with Gasteiger partial charge in [0.15, 0.2) is 5.60 Å². The lowest BCUT2D eigenvalue weighted by Crippen LogP contribution is -2.63. The molecule has 0 saturated carbocycles. The first kappa shape index (κ1) is 52.0. The van der Waals surface area contributed by atoms with Crippen molar-refractivity contribution in [2.24, 2.45) is 11.3 Å². The molecule has 3 aliphatic heterocycles. The van der Waals surface area contributed by atoms with Crippen molar-refractivity contribution in [2.45, 2.75) is 123 Å². The number of methoxy groups -OCH3 is 1. The van der Waals surface area contributed by atoms with E-state index in [4.69, 9.17) is 9.47 Å². The van der Waals surface area contributed by atoms with Crippen LogP contribution in [0.2, 0.25) is 0 Å². The first-order valence-corrected chi connectivity index (χ1v) is 24.4. The van der Waals surface area contributed by atoms with Crippen LogP contribution in [0.15, 0.2) is 54.9 Å². The van der Waals surface area contributed by atoms with E-state index in [1.807, 2.05) is 24.4 Å². The summed E-state index contributed by atoms with van der Waals surface area (Å²) in [7, 11) is 6.69. The van der Waals surface area contributed by atoms with Crippen LogP contribution < -0.4 is 10.7 Å². The summed E-state index contributed by atoms with van der Waals surface area (Å²) in [6.45, 7) is 14.6. The monoisotopic (exact) mass is 965 g/mol. The Kier molecular flexibility index (Phi) is 15.2. The molecule has 17 nitrogen and oxygen atoms in total. The maximum atomic E-state index is 14.8. The molecule has 4 aromatic rings. The number of carbonyl (C=O) groups excluding carboxylic acids is 5. The Morgan fingerprint density at radius 3 is 2.49 bits per heavy atom. The van der Waals surface area contributed by atoms with E-state index in [0.29, 0.717) is 43.5 Å². The molecular formula is C53H72N8O9. The highest BCUT2D eigenvalue weighted by atomic mass is 16.5. The highest BCUT2D eigenvalue weighted by molar-refractivity contribution is 5.97. The number of phenolic OH excluding ortho intramolecular Hbond substituents is 1. The number of hydrogen-bond acceptors (Lipinski definition) is 12. The van der Waals surface area contributed by atoms with Gasteiger partial charge in [-0.05, 0) is 118 Å². The number of amides is 4. The fourth-order valence-electron chi connectivity index (χ4n) is 10.3. The van der Waals surface area contributed by atoms with Crippen LogP contribution in [0.4, 0.5) is 0 Å². The summed E-state index contributed by atoms with van der Waals surface area (Å²) >= 11 is 0. The number of likely N-dealkylation sites (tertiary alicyclic amines) is 1. The van der Waals surface area contributed by atoms with Crippen LogP contribution in [0.5, 0.6) is 5.75 Å². The molecule has 2 aromatic carbocycles. The predicted molar refractivity (Wildman–Crippen MR) is 266 cm³/mol. The number of aliphatic hydroxyl groups is 1. The Morgan fingerprint density at radius 2 is 1.80 bits per heavy atom. The number of cyclic esters (lactones) is 1. The first-order valence-electron chi connectivity index (χ1n) is 24.4. The second-order valence-corrected chi connectivity index (χ2v) is 21.3. The Labute approximate surface area is 411 Å². The summed E-state index contributed by atoms with van der Waals surface area (Å²) in [5.41, 5.74) is 6.71. The maximum Gasteiger partial charge on any atom is 0.324 e. The molecule has 6 bridgehead atoms. The quantitative estimate of drug-likeness (QED) is 0.152. The molecule has 0 unspecified atom stereocenters. The number of β-amino-alcohol motifs (C(OH)–C–C–N with tert-alkyl or cyclic N) is 1. The van der Waals surface area contributed by atoms with E-state index < -0.39 is 64.3 Å². The summed E-state index contributed by atoms with van der Waals surface area (Å²) in [5.74, 6) is -3.13. The van der Waals surface area contributed by atoms with Gasteiger partial charge in [-0.1, -0.05) is 39.8 Å². The molecule has 17 heteroatoms. The predicted octanol–water partition coefficient (Wildman–Crippen LogP) is 4.68. The largest absolute Gasteiger partial charge is 0.508 e. The lowest BCUT2D eigenvalue weighted by atomic mass is 9.84. The van der Waals surface area contributed by atoms with Gasteiger partial charge in [0.25, 0.3) is 11.8 Å². The van der Waals surface area contributed by atoms with Crippen molar-refractivity contribution in [3.8, 4) is 28.1 Å². The van der Waals surface area contributed by atoms with Gasteiger partial charge in [0.2, 0.25) is 11.8 Å². The van der Waals surface area contributed by atoms with E-state index in [-0.39, 0.29) is 50.7 Å². The SMILES string of the molecule is CCn1c(-c2cnccc2COC)c2c3cc(ccc31)-c1cc(O)cc(c1)C[C@H](NC(=O)[C@H](C(C)C)N(C)C(=O)[C@@]1(O)CCN(C(=O)C(C)(C)N(C)C)C1)C(=O)N1CCC[C@H](N1)C(=O)OCC(C)(C)C2. The number of rotatable bonds is 11. The van der Waals surface area contributed by atoms with E-state index in [0.717, 1.165) is 38.9 Å². The molecule has 2 saturated heterocycles. The van der Waals surface area contributed by atoms with Crippen LogP contribution in [0.25, 0.3) is 33.3 Å². The maximum absolute atomic E-state index is 14.8. The summed E-state index contributed by atoms with van der Waals surface area (Å²) in [4.78, 5) is 80.2. The van der Waals surface area contributed by atoms with Gasteiger partial charge in [0.1, 0.15) is 23.9 Å². The smallest absolute Gasteiger partial charge is 0.324 e. The zero-order chi connectivity index (χ0) is 51.0. The molecule has 3 aliphatic rings. The third kappa shape index (κ3) is 10.4. The number of pyridine rings is 1. The molecule has 4 amide bonds. The van der Waals surface area contributed by atoms with E-state index in [1.54, 1.807) is 72.1 Å². The van der Waals surface area contributed by atoms with E-state index in [9.17, 15) is 34.2 Å². The molecular weight excluding hydrogens is 893 g/mol. The van der Waals surface area contributed by atoms with Crippen molar-refractivity contribution in [1.82, 2.24) is 40.0 Å². The van der Waals surface area contributed by atoms with Crippen molar-refractivity contribution in [3.63, 3.8) is 0 Å². The number of hydrazine groups is 1. The fraction of sp³-hybridized carbons (Fsp3) is 0.547. The Morgan fingerprint density at radius 1 is 1.06 bits per heavy atom. The fourth-order valence-corrected chi connectivity index (χ4v) is 10.3. The second kappa shape index (κ2) is 20.5. The van der Waals surface area contributed by atoms with Gasteiger partial charge in [-0.2, -0.15) is 0 Å².